The van der Waals surface area contributed by atoms with Crippen LogP contribution in [0.15, 0.2) is 23.2 Å². The SMILES string of the molecule is CCCOc1ccc(CN=C(NCC)NC2CCC(=O)NC2)c(OC(F)F)c1. The Morgan fingerprint density at radius 1 is 1.39 bits per heavy atom. The molecule has 1 heterocycles. The number of halogens is 2. The van der Waals surface area contributed by atoms with E-state index >= 15 is 0 Å². The lowest BCUT2D eigenvalue weighted by Crippen LogP contribution is -2.51. The molecule has 1 aromatic carbocycles. The number of nitrogens with one attached hydrogen (secondary N) is 3. The summed E-state index contributed by atoms with van der Waals surface area (Å²) in [5.41, 5.74) is 0.526. The van der Waals surface area contributed by atoms with Crippen LogP contribution in [0.4, 0.5) is 8.78 Å². The molecule has 1 saturated heterocycles. The molecule has 1 amide bonds. The third-order valence-electron chi connectivity index (χ3n) is 4.09. The highest BCUT2D eigenvalue weighted by Crippen LogP contribution is 2.27. The molecule has 1 aromatic rings. The Balaban J connectivity index is 2.09. The third-order valence-corrected chi connectivity index (χ3v) is 4.09. The van der Waals surface area contributed by atoms with Crippen LogP contribution < -0.4 is 25.4 Å². The summed E-state index contributed by atoms with van der Waals surface area (Å²) in [4.78, 5) is 15.8. The predicted octanol–water partition coefficient (Wildman–Crippen LogP) is 2.41. The number of carbonyl (C=O) groups excluding carboxylic acids is 1. The monoisotopic (exact) mass is 398 g/mol. The van der Waals surface area contributed by atoms with E-state index in [4.69, 9.17) is 4.74 Å². The van der Waals surface area contributed by atoms with Gasteiger partial charge in [0, 0.05) is 37.2 Å². The van der Waals surface area contributed by atoms with Crippen molar-refractivity contribution in [2.45, 2.75) is 52.3 Å². The number of ether oxygens (including phenoxy) is 2. The molecule has 0 aromatic heterocycles. The molecule has 3 N–H and O–H groups in total. The number of nitrogens with zero attached hydrogens (tertiary/aromatic N) is 1. The summed E-state index contributed by atoms with van der Waals surface area (Å²) in [6, 6.07) is 4.92. The van der Waals surface area contributed by atoms with Crippen LogP contribution in [0.3, 0.4) is 0 Å². The second kappa shape index (κ2) is 11.3. The number of guanidine groups is 1. The Hall–Kier alpha value is -2.58. The van der Waals surface area contributed by atoms with E-state index in [-0.39, 0.29) is 24.2 Å². The Labute approximate surface area is 163 Å². The molecule has 7 nitrogen and oxygen atoms in total. The molecule has 0 spiro atoms. The van der Waals surface area contributed by atoms with Crippen LogP contribution >= 0.6 is 0 Å². The van der Waals surface area contributed by atoms with Crippen LogP contribution in [0, 0.1) is 0 Å². The number of rotatable bonds is 9. The van der Waals surface area contributed by atoms with Gasteiger partial charge in [0.05, 0.1) is 13.2 Å². The van der Waals surface area contributed by atoms with Crippen molar-refractivity contribution in [2.24, 2.45) is 4.99 Å². The van der Waals surface area contributed by atoms with Gasteiger partial charge in [0.2, 0.25) is 5.91 Å². The van der Waals surface area contributed by atoms with E-state index in [0.29, 0.717) is 49.8 Å². The zero-order valence-electron chi connectivity index (χ0n) is 16.3. The number of carbonyl (C=O) groups is 1. The van der Waals surface area contributed by atoms with Gasteiger partial charge in [0.1, 0.15) is 11.5 Å². The molecule has 0 aliphatic carbocycles. The molecule has 2 rings (SSSR count). The van der Waals surface area contributed by atoms with Crippen molar-refractivity contribution >= 4 is 11.9 Å². The topological polar surface area (TPSA) is 84.0 Å². The van der Waals surface area contributed by atoms with Crippen molar-refractivity contribution in [1.29, 1.82) is 0 Å². The lowest BCUT2D eigenvalue weighted by molar-refractivity contribution is -0.122. The lowest BCUT2D eigenvalue weighted by Gasteiger charge is -2.25. The highest BCUT2D eigenvalue weighted by atomic mass is 19.3. The number of hydrogen-bond donors (Lipinski definition) is 3. The van der Waals surface area contributed by atoms with Gasteiger partial charge in [-0.15, -0.1) is 0 Å². The van der Waals surface area contributed by atoms with Crippen LogP contribution in [0.1, 0.15) is 38.7 Å². The van der Waals surface area contributed by atoms with E-state index in [1.807, 2.05) is 13.8 Å². The van der Waals surface area contributed by atoms with Gasteiger partial charge in [-0.05, 0) is 31.9 Å². The first-order valence-electron chi connectivity index (χ1n) is 9.53. The van der Waals surface area contributed by atoms with Crippen LogP contribution in [0.5, 0.6) is 11.5 Å². The molecule has 28 heavy (non-hydrogen) atoms. The minimum Gasteiger partial charge on any atom is -0.493 e. The summed E-state index contributed by atoms with van der Waals surface area (Å²) >= 11 is 0. The van der Waals surface area contributed by atoms with Gasteiger partial charge in [-0.2, -0.15) is 8.78 Å². The van der Waals surface area contributed by atoms with E-state index in [9.17, 15) is 13.6 Å². The summed E-state index contributed by atoms with van der Waals surface area (Å²) in [6.45, 7) is 2.79. The van der Waals surface area contributed by atoms with Crippen LogP contribution in [-0.2, 0) is 11.3 Å². The maximum absolute atomic E-state index is 12.8. The fraction of sp³-hybridized carbons (Fsp3) is 0.579. The zero-order chi connectivity index (χ0) is 20.4. The van der Waals surface area contributed by atoms with Gasteiger partial charge >= 0.3 is 6.61 Å². The summed E-state index contributed by atoms with van der Waals surface area (Å²) in [5, 5.41) is 9.19. The highest BCUT2D eigenvalue weighted by Gasteiger charge is 2.19. The molecule has 0 saturated carbocycles. The van der Waals surface area contributed by atoms with Gasteiger partial charge in [-0.1, -0.05) is 6.92 Å². The van der Waals surface area contributed by atoms with Gasteiger partial charge in [-0.3, -0.25) is 4.79 Å². The van der Waals surface area contributed by atoms with E-state index in [1.54, 1.807) is 12.1 Å². The average molecular weight is 398 g/mol. The highest BCUT2D eigenvalue weighted by molar-refractivity contribution is 5.81. The van der Waals surface area contributed by atoms with E-state index < -0.39 is 6.61 Å². The number of amides is 1. The largest absolute Gasteiger partial charge is 0.493 e. The van der Waals surface area contributed by atoms with Crippen molar-refractivity contribution in [3.63, 3.8) is 0 Å². The van der Waals surface area contributed by atoms with Crippen LogP contribution in [-0.4, -0.2) is 44.2 Å². The summed E-state index contributed by atoms with van der Waals surface area (Å²) in [6.07, 6.45) is 1.98. The molecule has 1 aliphatic rings. The Kier molecular flexibility index (Phi) is 8.77. The number of piperidine rings is 1. The van der Waals surface area contributed by atoms with Gasteiger partial charge in [-0.25, -0.2) is 4.99 Å². The maximum Gasteiger partial charge on any atom is 0.387 e. The van der Waals surface area contributed by atoms with Crippen LogP contribution in [0.25, 0.3) is 0 Å². The predicted molar refractivity (Wildman–Crippen MR) is 103 cm³/mol. The summed E-state index contributed by atoms with van der Waals surface area (Å²) in [5.74, 6) is 1.12. The second-order valence-corrected chi connectivity index (χ2v) is 6.38. The molecule has 1 fully saturated rings. The van der Waals surface area contributed by atoms with Crippen molar-refractivity contribution in [2.75, 3.05) is 19.7 Å². The lowest BCUT2D eigenvalue weighted by atomic mass is 10.1. The Morgan fingerprint density at radius 3 is 2.86 bits per heavy atom. The van der Waals surface area contributed by atoms with Crippen molar-refractivity contribution in [1.82, 2.24) is 16.0 Å². The number of benzene rings is 1. The first-order chi connectivity index (χ1) is 13.5. The normalized spacial score (nSPS) is 17.2. The van der Waals surface area contributed by atoms with E-state index in [0.717, 1.165) is 6.42 Å². The third kappa shape index (κ3) is 7.21. The quantitative estimate of drug-likeness (QED) is 0.440. The second-order valence-electron chi connectivity index (χ2n) is 6.38. The molecule has 9 heteroatoms. The minimum atomic E-state index is -2.93. The Bertz CT molecular complexity index is 661. The average Bonchev–Trinajstić information content (AvgIpc) is 2.67. The van der Waals surface area contributed by atoms with Gasteiger partial charge < -0.3 is 25.4 Å². The molecule has 1 atom stereocenters. The Morgan fingerprint density at radius 2 is 2.21 bits per heavy atom. The zero-order valence-corrected chi connectivity index (χ0v) is 16.3. The smallest absolute Gasteiger partial charge is 0.387 e. The maximum atomic E-state index is 12.8. The van der Waals surface area contributed by atoms with E-state index in [2.05, 4.69) is 25.7 Å². The van der Waals surface area contributed by atoms with Crippen molar-refractivity contribution in [3.05, 3.63) is 23.8 Å². The first kappa shape index (κ1) is 21.7. The molecule has 156 valence electrons. The van der Waals surface area contributed by atoms with Crippen molar-refractivity contribution < 1.29 is 23.0 Å². The fourth-order valence-electron chi connectivity index (χ4n) is 2.71. The standard InChI is InChI=1S/C19H28F2N4O3/c1-3-9-27-15-7-5-13(16(10-15)28-18(20)21)11-24-19(22-4-2)25-14-6-8-17(26)23-12-14/h5,7,10,14,18H,3-4,6,8-9,11-12H2,1-2H3,(H,23,26)(H2,22,24,25). The first-order valence-corrected chi connectivity index (χ1v) is 9.53. The van der Waals surface area contributed by atoms with Gasteiger partial charge in [0.25, 0.3) is 0 Å². The molecule has 0 bridgehead atoms. The van der Waals surface area contributed by atoms with Gasteiger partial charge in [0.15, 0.2) is 5.96 Å². The number of alkyl halides is 2. The minimum absolute atomic E-state index is 0.0409. The summed E-state index contributed by atoms with van der Waals surface area (Å²) in [7, 11) is 0. The fourth-order valence-corrected chi connectivity index (χ4v) is 2.71. The molecular formula is C19H28F2N4O3. The number of aliphatic imine (C=N–C) groups is 1. The molecule has 1 aliphatic heterocycles. The molecular weight excluding hydrogens is 370 g/mol. The van der Waals surface area contributed by atoms with E-state index in [1.165, 1.54) is 6.07 Å². The summed E-state index contributed by atoms with van der Waals surface area (Å²) < 4.78 is 35.7. The molecule has 0 radical (unpaired) electrons. The number of hydrogen-bond acceptors (Lipinski definition) is 4. The molecule has 1 unspecified atom stereocenters. The van der Waals surface area contributed by atoms with Crippen molar-refractivity contribution in [3.8, 4) is 11.5 Å². The van der Waals surface area contributed by atoms with Crippen LogP contribution in [0.2, 0.25) is 0 Å².